The Labute approximate surface area is 191 Å². The second kappa shape index (κ2) is 7.48. The zero-order valence-corrected chi connectivity index (χ0v) is 17.8. The number of imidazole rings is 1. The number of para-hydroxylation sites is 1. The highest BCUT2D eigenvalue weighted by atomic mass is 32.1. The van der Waals surface area contributed by atoms with Crippen molar-refractivity contribution in [3.63, 3.8) is 0 Å². The van der Waals surface area contributed by atoms with Gasteiger partial charge in [-0.05, 0) is 12.1 Å². The Morgan fingerprint density at radius 3 is 2.91 bits per heavy atom. The molecule has 6 rings (SSSR count). The van der Waals surface area contributed by atoms with E-state index in [9.17, 15) is 18.0 Å². The van der Waals surface area contributed by atoms with Gasteiger partial charge in [-0.25, -0.2) is 9.97 Å². The first-order valence-electron chi connectivity index (χ1n) is 10.0. The van der Waals surface area contributed by atoms with Crippen LogP contribution >= 0.6 is 11.3 Å². The number of aromatic nitrogens is 7. The molecule has 0 radical (unpaired) electrons. The number of carbonyl (C=O) groups excluding carboxylic acids is 1. The lowest BCUT2D eigenvalue weighted by Gasteiger charge is -2.32. The van der Waals surface area contributed by atoms with Crippen molar-refractivity contribution in [3.8, 4) is 11.5 Å². The summed E-state index contributed by atoms with van der Waals surface area (Å²) in [6.07, 6.45) is -1.72. The largest absolute Gasteiger partial charge is 0.433 e. The minimum absolute atomic E-state index is 0.297. The Balaban J connectivity index is 1.38. The molecule has 1 aliphatic rings. The summed E-state index contributed by atoms with van der Waals surface area (Å²) in [5, 5.41) is 13.3. The van der Waals surface area contributed by atoms with Gasteiger partial charge in [-0.1, -0.05) is 12.1 Å². The molecule has 1 atom stereocenters. The van der Waals surface area contributed by atoms with Crippen LogP contribution in [-0.2, 0) is 12.6 Å². The van der Waals surface area contributed by atoms with E-state index < -0.39 is 41.2 Å². The zero-order valence-electron chi connectivity index (χ0n) is 17.0. The van der Waals surface area contributed by atoms with Crippen molar-refractivity contribution in [1.29, 1.82) is 0 Å². The third kappa shape index (κ3) is 3.25. The van der Waals surface area contributed by atoms with Crippen LogP contribution in [0.4, 0.5) is 13.2 Å². The van der Waals surface area contributed by atoms with Crippen molar-refractivity contribution in [2.24, 2.45) is 0 Å². The summed E-state index contributed by atoms with van der Waals surface area (Å²) in [5.41, 5.74) is 0.745. The first-order valence-corrected chi connectivity index (χ1v) is 10.8. The van der Waals surface area contributed by atoms with Gasteiger partial charge in [0.25, 0.3) is 5.89 Å². The lowest BCUT2D eigenvalue weighted by molar-refractivity contribution is -0.140. The Morgan fingerprint density at radius 2 is 2.09 bits per heavy atom. The smallest absolute Gasteiger partial charge is 0.412 e. The summed E-state index contributed by atoms with van der Waals surface area (Å²) in [5.74, 6) is -1.53. The third-order valence-corrected chi connectivity index (χ3v) is 6.58. The van der Waals surface area contributed by atoms with Crippen LogP contribution in [-0.4, -0.2) is 52.7 Å². The van der Waals surface area contributed by atoms with E-state index in [2.05, 4.69) is 25.3 Å². The van der Waals surface area contributed by atoms with Crippen LogP contribution < -0.4 is 0 Å². The highest BCUT2D eigenvalue weighted by molar-refractivity contribution is 7.18. The molecule has 4 aromatic heterocycles. The number of nitrogens with zero attached hydrogens (tertiary/aromatic N) is 6. The highest BCUT2D eigenvalue weighted by Crippen LogP contribution is 2.39. The average Bonchev–Trinajstić information content (AvgIpc) is 3.60. The number of carbonyl (C=O) groups is 1. The SMILES string of the molecule is O=C(c1nnc(-c2cn[nH]c2C(F)(F)F)o1)N1CCc2[nH]cnc2[C@H]1c1nc2ccccc2s1. The number of hydrogen-bond donors (Lipinski definition) is 2. The van der Waals surface area contributed by atoms with Crippen LogP contribution in [0.1, 0.15) is 38.8 Å². The first-order chi connectivity index (χ1) is 16.4. The van der Waals surface area contributed by atoms with Gasteiger partial charge in [-0.3, -0.25) is 9.89 Å². The number of thiazole rings is 1. The summed E-state index contributed by atoms with van der Waals surface area (Å²) >= 11 is 1.43. The maximum absolute atomic E-state index is 13.4. The van der Waals surface area contributed by atoms with Gasteiger partial charge in [0.1, 0.15) is 11.0 Å². The summed E-state index contributed by atoms with van der Waals surface area (Å²) in [7, 11) is 0. The van der Waals surface area contributed by atoms with E-state index in [0.29, 0.717) is 23.7 Å². The average molecular weight is 486 g/mol. The number of benzene rings is 1. The molecule has 1 amide bonds. The van der Waals surface area contributed by atoms with Crippen LogP contribution in [0.2, 0.25) is 0 Å². The van der Waals surface area contributed by atoms with Crippen LogP contribution in [0.25, 0.3) is 21.7 Å². The van der Waals surface area contributed by atoms with Crippen molar-refractivity contribution in [3.05, 3.63) is 64.8 Å². The molecule has 0 spiro atoms. The Hall–Kier alpha value is -4.07. The summed E-state index contributed by atoms with van der Waals surface area (Å²) in [4.78, 5) is 27.1. The van der Waals surface area contributed by atoms with E-state index in [1.807, 2.05) is 29.4 Å². The van der Waals surface area contributed by atoms with Gasteiger partial charge in [-0.2, -0.15) is 18.3 Å². The molecular weight excluding hydrogens is 473 g/mol. The minimum Gasteiger partial charge on any atom is -0.412 e. The third-order valence-electron chi connectivity index (χ3n) is 5.49. The number of fused-ring (bicyclic) bond motifs is 2. The number of alkyl halides is 3. The van der Waals surface area contributed by atoms with Crippen molar-refractivity contribution in [1.82, 2.24) is 40.2 Å². The molecule has 10 nitrogen and oxygen atoms in total. The Kier molecular flexibility index (Phi) is 4.52. The van der Waals surface area contributed by atoms with Gasteiger partial charge >= 0.3 is 18.0 Å². The van der Waals surface area contributed by atoms with E-state index >= 15 is 0 Å². The monoisotopic (exact) mass is 486 g/mol. The lowest BCUT2D eigenvalue weighted by atomic mass is 10.0. The van der Waals surface area contributed by atoms with Gasteiger partial charge in [0, 0.05) is 18.7 Å². The topological polar surface area (TPSA) is 129 Å². The maximum atomic E-state index is 13.4. The molecule has 0 bridgehead atoms. The van der Waals surface area contributed by atoms with Crippen LogP contribution in [0.3, 0.4) is 0 Å². The fourth-order valence-electron chi connectivity index (χ4n) is 3.96. The van der Waals surface area contributed by atoms with Gasteiger partial charge in [0.05, 0.1) is 34.0 Å². The number of hydrogen-bond acceptors (Lipinski definition) is 8. The van der Waals surface area contributed by atoms with E-state index in [0.717, 1.165) is 22.1 Å². The number of amides is 1. The van der Waals surface area contributed by atoms with E-state index in [1.54, 1.807) is 6.33 Å². The number of nitrogens with one attached hydrogen (secondary N) is 2. The van der Waals surface area contributed by atoms with Crippen molar-refractivity contribution in [2.45, 2.75) is 18.6 Å². The molecule has 0 saturated heterocycles. The zero-order chi connectivity index (χ0) is 23.4. The van der Waals surface area contributed by atoms with E-state index in [1.165, 1.54) is 16.2 Å². The predicted molar refractivity (Wildman–Crippen MR) is 112 cm³/mol. The van der Waals surface area contributed by atoms with Crippen LogP contribution in [0, 0.1) is 0 Å². The van der Waals surface area contributed by atoms with Crippen LogP contribution in [0.15, 0.2) is 41.2 Å². The molecule has 0 saturated carbocycles. The molecule has 5 aromatic rings. The van der Waals surface area contributed by atoms with Crippen molar-refractivity contribution in [2.75, 3.05) is 6.54 Å². The molecule has 0 aliphatic carbocycles. The van der Waals surface area contributed by atoms with Crippen molar-refractivity contribution < 1.29 is 22.4 Å². The lowest BCUT2D eigenvalue weighted by Crippen LogP contribution is -2.41. The maximum Gasteiger partial charge on any atom is 0.433 e. The van der Waals surface area contributed by atoms with E-state index in [4.69, 9.17) is 9.40 Å². The molecule has 2 N–H and O–H groups in total. The van der Waals surface area contributed by atoms with Crippen LogP contribution in [0.5, 0.6) is 0 Å². The molecule has 0 fully saturated rings. The highest BCUT2D eigenvalue weighted by Gasteiger charge is 2.40. The fraction of sp³-hybridized carbons (Fsp3) is 0.200. The van der Waals surface area contributed by atoms with Gasteiger partial charge in [0.2, 0.25) is 0 Å². The molecule has 1 aliphatic heterocycles. The second-order valence-electron chi connectivity index (χ2n) is 7.51. The summed E-state index contributed by atoms with van der Waals surface area (Å²) in [6.45, 7) is 0.297. The van der Waals surface area contributed by atoms with E-state index in [-0.39, 0.29) is 0 Å². The number of aromatic amines is 2. The van der Waals surface area contributed by atoms with Gasteiger partial charge < -0.3 is 14.3 Å². The number of halogens is 3. The molecule has 14 heteroatoms. The second-order valence-corrected chi connectivity index (χ2v) is 8.57. The molecule has 5 heterocycles. The molecule has 172 valence electrons. The minimum atomic E-state index is -4.70. The number of H-pyrrole nitrogens is 2. The van der Waals surface area contributed by atoms with Gasteiger partial charge in [0.15, 0.2) is 5.69 Å². The molecule has 34 heavy (non-hydrogen) atoms. The van der Waals surface area contributed by atoms with Crippen molar-refractivity contribution >= 4 is 27.5 Å². The quantitative estimate of drug-likeness (QED) is 0.399. The Morgan fingerprint density at radius 1 is 1.24 bits per heavy atom. The predicted octanol–water partition coefficient (Wildman–Crippen LogP) is 3.60. The summed E-state index contributed by atoms with van der Waals surface area (Å²) in [6, 6.07) is 6.97. The molecule has 0 unspecified atom stereocenters. The normalized spacial score (nSPS) is 16.2. The first kappa shape index (κ1) is 20.5. The number of rotatable bonds is 3. The fourth-order valence-corrected chi connectivity index (χ4v) is 5.04. The Bertz CT molecular complexity index is 1480. The summed E-state index contributed by atoms with van der Waals surface area (Å²) < 4.78 is 45.9. The molecular formula is C20H13F3N8O2S. The van der Waals surface area contributed by atoms with Gasteiger partial charge in [-0.15, -0.1) is 21.5 Å². The standard InChI is InChI=1S/C20H13F3N8O2S/c21-20(22,23)15-9(7-26-28-15)16-29-30-17(33-16)19(32)31-6-5-11-13(25-8-24-11)14(31)18-27-10-3-1-2-4-12(10)34-18/h1-4,7-8,14H,5-6H2,(H,24,25)(H,26,28)/t14-/m0/s1. The molecule has 1 aromatic carbocycles.